The molecule has 208 valence electrons. The molecule has 3 heterocycles. The van der Waals surface area contributed by atoms with Gasteiger partial charge in [-0.1, -0.05) is 42.5 Å². The van der Waals surface area contributed by atoms with Crippen LogP contribution in [0.1, 0.15) is 43.2 Å². The van der Waals surface area contributed by atoms with Crippen molar-refractivity contribution >= 4 is 11.5 Å². The number of hydrogen-bond donors (Lipinski definition) is 1. The highest BCUT2D eigenvalue weighted by atomic mass is 19.4. The predicted octanol–water partition coefficient (Wildman–Crippen LogP) is 6.57. The van der Waals surface area contributed by atoms with E-state index >= 15 is 0 Å². The van der Waals surface area contributed by atoms with Crippen LogP contribution in [0.4, 0.5) is 37.8 Å². The molecule has 0 spiro atoms. The average Bonchev–Trinajstić information content (AvgIpc) is 3.34. The number of nitro groups is 1. The molecule has 1 N–H and O–H groups in total. The molecule has 1 aliphatic heterocycles. The first-order valence-electron chi connectivity index (χ1n) is 11.6. The molecular weight excluding hydrogens is 536 g/mol. The Kier molecular flexibility index (Phi) is 7.63. The summed E-state index contributed by atoms with van der Waals surface area (Å²) in [6, 6.07) is 7.56. The molecule has 0 saturated heterocycles. The molecule has 15 heteroatoms. The van der Waals surface area contributed by atoms with Gasteiger partial charge in [-0.05, 0) is 31.7 Å². The normalized spacial score (nSPS) is 21.1. The van der Waals surface area contributed by atoms with Crippen molar-refractivity contribution in [2.75, 3.05) is 5.32 Å². The van der Waals surface area contributed by atoms with Crippen LogP contribution in [0.3, 0.4) is 0 Å². The highest BCUT2D eigenvalue weighted by molar-refractivity contribution is 5.68. The summed E-state index contributed by atoms with van der Waals surface area (Å²) >= 11 is 0. The zero-order valence-corrected chi connectivity index (χ0v) is 20.2. The first-order valence-corrected chi connectivity index (χ1v) is 11.6. The van der Waals surface area contributed by atoms with E-state index in [4.69, 9.17) is 9.15 Å². The molecule has 9 nitrogen and oxygen atoms in total. The van der Waals surface area contributed by atoms with Gasteiger partial charge in [-0.15, -0.1) is 10.2 Å². The third-order valence-electron chi connectivity index (χ3n) is 5.97. The van der Waals surface area contributed by atoms with Crippen molar-refractivity contribution in [2.24, 2.45) is 0 Å². The summed E-state index contributed by atoms with van der Waals surface area (Å²) < 4.78 is 96.0. The Morgan fingerprint density at radius 3 is 2.51 bits per heavy atom. The van der Waals surface area contributed by atoms with Gasteiger partial charge in [0.25, 0.3) is 11.8 Å². The highest BCUT2D eigenvalue weighted by Gasteiger charge is 2.61. The van der Waals surface area contributed by atoms with Crippen LogP contribution in [-0.2, 0) is 23.1 Å². The Morgan fingerprint density at radius 1 is 1.15 bits per heavy atom. The molecule has 3 aromatic rings. The first-order chi connectivity index (χ1) is 18.3. The van der Waals surface area contributed by atoms with Crippen LogP contribution in [0.5, 0.6) is 0 Å². The second-order valence-electron chi connectivity index (χ2n) is 8.81. The summed E-state index contributed by atoms with van der Waals surface area (Å²) in [6.07, 6.45) is -7.92. The van der Waals surface area contributed by atoms with Crippen LogP contribution >= 0.6 is 0 Å². The zero-order valence-electron chi connectivity index (χ0n) is 20.2. The number of alkyl halides is 6. The van der Waals surface area contributed by atoms with Crippen LogP contribution < -0.4 is 5.32 Å². The fraction of sp³-hybridized carbons (Fsp3) is 0.375. The quantitative estimate of drug-likeness (QED) is 0.166. The number of allylic oxidation sites excluding steroid dienone is 1. The van der Waals surface area contributed by atoms with Crippen molar-refractivity contribution in [3.8, 4) is 11.6 Å². The van der Waals surface area contributed by atoms with Crippen LogP contribution in [0.25, 0.3) is 11.6 Å². The summed E-state index contributed by atoms with van der Waals surface area (Å²) in [5.74, 6) is -2.71. The van der Waals surface area contributed by atoms with E-state index in [1.54, 1.807) is 30.3 Å². The molecule has 4 bridgehead atoms. The number of hydrogen-bond acceptors (Lipinski definition) is 8. The van der Waals surface area contributed by atoms with Gasteiger partial charge >= 0.3 is 18.0 Å². The van der Waals surface area contributed by atoms with E-state index in [2.05, 4.69) is 20.5 Å². The van der Waals surface area contributed by atoms with Gasteiger partial charge in [-0.3, -0.25) is 10.1 Å². The number of nitrogens with zero attached hydrogens (tertiary/aromatic N) is 4. The molecule has 0 fully saturated rings. The maximum atomic E-state index is 14.7. The molecule has 0 aliphatic carbocycles. The molecule has 39 heavy (non-hydrogen) atoms. The summed E-state index contributed by atoms with van der Waals surface area (Å²) in [4.78, 5) is 14.2. The standard InChI is InChI=1S/C24H21F6N5O4/c1-14-8-4-3-7-11-22(24(28,29)30,38-13-15-9-5-2-6-10-15)21-34-33-20(39-21)18-17(35(36)37)12-16(23(25,26)27)19(31-14)32-18/h2-6,9-10,12,14H,7-8,11,13H2,1H3,(H,31,32)/b4-3-. The van der Waals surface area contributed by atoms with Gasteiger partial charge in [0.15, 0.2) is 0 Å². The number of halogens is 6. The molecule has 0 amide bonds. The van der Waals surface area contributed by atoms with Crippen molar-refractivity contribution in [3.63, 3.8) is 0 Å². The Bertz CT molecular complexity index is 1360. The molecule has 1 aliphatic rings. The fourth-order valence-corrected chi connectivity index (χ4v) is 3.97. The number of ether oxygens (including phenoxy) is 1. The van der Waals surface area contributed by atoms with E-state index in [1.807, 2.05) is 0 Å². The number of aromatic nitrogens is 3. The van der Waals surface area contributed by atoms with Crippen LogP contribution in [0.15, 0.2) is 53.0 Å². The molecule has 1 aromatic carbocycles. The maximum Gasteiger partial charge on any atom is 0.426 e. The fourth-order valence-electron chi connectivity index (χ4n) is 3.97. The minimum atomic E-state index is -5.09. The van der Waals surface area contributed by atoms with Crippen molar-refractivity contribution in [1.82, 2.24) is 15.2 Å². The average molecular weight is 557 g/mol. The van der Waals surface area contributed by atoms with Gasteiger partial charge < -0.3 is 14.5 Å². The number of pyridine rings is 1. The molecule has 0 saturated carbocycles. The lowest BCUT2D eigenvalue weighted by Crippen LogP contribution is -2.45. The van der Waals surface area contributed by atoms with Gasteiger partial charge in [0.2, 0.25) is 11.3 Å². The van der Waals surface area contributed by atoms with Gasteiger partial charge in [0, 0.05) is 12.1 Å². The molecular formula is C24H21F6N5O4. The number of fused-ring (bicyclic) bond motifs is 5. The van der Waals surface area contributed by atoms with Gasteiger partial charge in [0.1, 0.15) is 11.4 Å². The zero-order chi connectivity index (χ0) is 28.4. The summed E-state index contributed by atoms with van der Waals surface area (Å²) in [7, 11) is 0. The van der Waals surface area contributed by atoms with Gasteiger partial charge in [-0.25, -0.2) is 4.98 Å². The highest BCUT2D eigenvalue weighted by Crippen LogP contribution is 2.47. The SMILES string of the molecule is CC1C/C=C\CCC(OCc2ccccc2)(C(F)(F)F)c2nnc(o2)-c2nc(c(C(F)(F)F)cc2[N+](=O)[O-])N1. The molecule has 4 rings (SSSR count). The molecule has 2 atom stereocenters. The Labute approximate surface area is 217 Å². The lowest BCUT2D eigenvalue weighted by molar-refractivity contribution is -0.384. The van der Waals surface area contributed by atoms with E-state index < -0.39 is 76.5 Å². The van der Waals surface area contributed by atoms with Crippen LogP contribution in [-0.4, -0.2) is 32.3 Å². The van der Waals surface area contributed by atoms with E-state index in [0.29, 0.717) is 5.56 Å². The topological polar surface area (TPSA) is 116 Å². The minimum Gasteiger partial charge on any atom is -0.415 e. The minimum absolute atomic E-state index is 0.119. The first kappa shape index (κ1) is 28.0. The maximum absolute atomic E-state index is 14.7. The number of benzene rings is 1. The second-order valence-corrected chi connectivity index (χ2v) is 8.81. The lowest BCUT2D eigenvalue weighted by Gasteiger charge is -2.32. The predicted molar refractivity (Wildman–Crippen MR) is 124 cm³/mol. The van der Waals surface area contributed by atoms with E-state index in [9.17, 15) is 36.5 Å². The van der Waals surface area contributed by atoms with Crippen molar-refractivity contribution < 1.29 is 40.4 Å². The lowest BCUT2D eigenvalue weighted by atomic mass is 9.95. The number of nitrogens with one attached hydrogen (secondary N) is 1. The van der Waals surface area contributed by atoms with E-state index in [0.717, 1.165) is 0 Å². The monoisotopic (exact) mass is 557 g/mol. The van der Waals surface area contributed by atoms with Crippen LogP contribution in [0, 0.1) is 10.1 Å². The van der Waals surface area contributed by atoms with E-state index in [-0.39, 0.29) is 18.9 Å². The van der Waals surface area contributed by atoms with E-state index in [1.165, 1.54) is 19.1 Å². The number of anilines is 1. The summed E-state index contributed by atoms with van der Waals surface area (Å²) in [5, 5.41) is 21.2. The second kappa shape index (κ2) is 10.6. The van der Waals surface area contributed by atoms with Crippen molar-refractivity contribution in [2.45, 2.75) is 56.8 Å². The smallest absolute Gasteiger partial charge is 0.415 e. The van der Waals surface area contributed by atoms with Crippen LogP contribution in [0.2, 0.25) is 0 Å². The molecule has 0 radical (unpaired) electrons. The summed E-state index contributed by atoms with van der Waals surface area (Å²) in [5.41, 5.74) is -6.15. The Morgan fingerprint density at radius 2 is 1.87 bits per heavy atom. The molecule has 2 unspecified atom stereocenters. The van der Waals surface area contributed by atoms with Crippen molar-refractivity contribution in [1.29, 1.82) is 0 Å². The Balaban J connectivity index is 1.91. The number of rotatable bonds is 4. The summed E-state index contributed by atoms with van der Waals surface area (Å²) in [6.45, 7) is 1.03. The third kappa shape index (κ3) is 5.87. The third-order valence-corrected chi connectivity index (χ3v) is 5.97. The van der Waals surface area contributed by atoms with Gasteiger partial charge in [-0.2, -0.15) is 26.3 Å². The van der Waals surface area contributed by atoms with Crippen molar-refractivity contribution in [3.05, 3.63) is 75.7 Å². The largest absolute Gasteiger partial charge is 0.426 e. The Hall–Kier alpha value is -4.01. The molecule has 2 aromatic heterocycles. The van der Waals surface area contributed by atoms with Gasteiger partial charge in [0.05, 0.1) is 11.5 Å².